The van der Waals surface area contributed by atoms with E-state index in [4.69, 9.17) is 0 Å². The third kappa shape index (κ3) is 1.80. The van der Waals surface area contributed by atoms with Gasteiger partial charge in [-0.1, -0.05) is 48.5 Å². The predicted molar refractivity (Wildman–Crippen MR) is 72.9 cm³/mol. The van der Waals surface area contributed by atoms with Gasteiger partial charge in [0.05, 0.1) is 5.56 Å². The van der Waals surface area contributed by atoms with Crippen molar-refractivity contribution in [2.75, 3.05) is 0 Å². The normalized spacial score (nSPS) is 10.3. The van der Waals surface area contributed by atoms with Gasteiger partial charge in [0.2, 0.25) is 5.78 Å². The molecule has 0 saturated carbocycles. The Morgan fingerprint density at radius 1 is 1.00 bits per heavy atom. The summed E-state index contributed by atoms with van der Waals surface area (Å²) in [6, 6.07) is 18.5. The zero-order valence-corrected chi connectivity index (χ0v) is 10.1. The summed E-state index contributed by atoms with van der Waals surface area (Å²) in [5.74, 6) is -0.159. The third-order valence-corrected chi connectivity index (χ3v) is 3.08. The maximum Gasteiger partial charge on any atom is 0.210 e. The summed E-state index contributed by atoms with van der Waals surface area (Å²) in [5, 5.41) is 10.1. The van der Waals surface area contributed by atoms with E-state index in [0.29, 0.717) is 16.8 Å². The molecule has 19 heavy (non-hydrogen) atoms. The second kappa shape index (κ2) is 4.43. The summed E-state index contributed by atoms with van der Waals surface area (Å²) in [6.45, 7) is 0. The van der Waals surface area contributed by atoms with E-state index in [0.717, 1.165) is 10.9 Å². The van der Waals surface area contributed by atoms with Crippen molar-refractivity contribution in [3.63, 3.8) is 0 Å². The van der Waals surface area contributed by atoms with E-state index in [2.05, 4.69) is 11.1 Å². The summed E-state index contributed by atoms with van der Waals surface area (Å²) in [6.07, 6.45) is 0. The van der Waals surface area contributed by atoms with Crippen LogP contribution in [0.1, 0.15) is 21.6 Å². The van der Waals surface area contributed by atoms with Crippen LogP contribution in [0, 0.1) is 11.3 Å². The molecule has 0 unspecified atom stereocenters. The van der Waals surface area contributed by atoms with E-state index < -0.39 is 0 Å². The van der Waals surface area contributed by atoms with E-state index in [1.165, 1.54) is 0 Å². The molecule has 0 fully saturated rings. The van der Waals surface area contributed by atoms with Crippen molar-refractivity contribution in [3.8, 4) is 6.07 Å². The fraction of sp³-hybridized carbons (Fsp3) is 0. The SMILES string of the molecule is N#Cc1c(C(=O)c2ccccc2)[nH]c2ccccc12. The number of fused-ring (bicyclic) bond motifs is 1. The van der Waals surface area contributed by atoms with Gasteiger partial charge in [0.15, 0.2) is 0 Å². The molecule has 1 aromatic heterocycles. The first-order valence-electron chi connectivity index (χ1n) is 5.92. The minimum absolute atomic E-state index is 0.159. The Bertz CT molecular complexity index is 794. The number of hydrogen-bond acceptors (Lipinski definition) is 2. The van der Waals surface area contributed by atoms with Gasteiger partial charge >= 0.3 is 0 Å². The number of nitriles is 1. The van der Waals surface area contributed by atoms with Gasteiger partial charge in [-0.25, -0.2) is 0 Å². The zero-order chi connectivity index (χ0) is 13.2. The molecule has 1 N–H and O–H groups in total. The molecular formula is C16H10N2O. The smallest absolute Gasteiger partial charge is 0.210 e. The zero-order valence-electron chi connectivity index (χ0n) is 10.1. The highest BCUT2D eigenvalue weighted by atomic mass is 16.1. The summed E-state index contributed by atoms with van der Waals surface area (Å²) < 4.78 is 0. The van der Waals surface area contributed by atoms with Crippen molar-refractivity contribution in [2.24, 2.45) is 0 Å². The second-order valence-corrected chi connectivity index (χ2v) is 4.23. The molecule has 0 aliphatic rings. The second-order valence-electron chi connectivity index (χ2n) is 4.23. The Morgan fingerprint density at radius 2 is 1.68 bits per heavy atom. The van der Waals surface area contributed by atoms with Crippen LogP contribution in [0.4, 0.5) is 0 Å². The van der Waals surface area contributed by atoms with Crippen LogP contribution in [0.3, 0.4) is 0 Å². The Kier molecular flexibility index (Phi) is 2.62. The number of nitrogens with one attached hydrogen (secondary N) is 1. The van der Waals surface area contributed by atoms with Crippen molar-refractivity contribution < 1.29 is 4.79 Å². The van der Waals surface area contributed by atoms with Crippen molar-refractivity contribution in [3.05, 3.63) is 71.4 Å². The van der Waals surface area contributed by atoms with E-state index >= 15 is 0 Å². The minimum Gasteiger partial charge on any atom is -0.351 e. The van der Waals surface area contributed by atoms with Gasteiger partial charge in [-0.15, -0.1) is 0 Å². The number of hydrogen-bond donors (Lipinski definition) is 1. The van der Waals surface area contributed by atoms with Crippen LogP contribution >= 0.6 is 0 Å². The molecule has 0 aliphatic carbocycles. The molecule has 0 radical (unpaired) electrons. The van der Waals surface area contributed by atoms with Gasteiger partial charge in [0.1, 0.15) is 11.8 Å². The Morgan fingerprint density at radius 3 is 2.42 bits per heavy atom. The lowest BCUT2D eigenvalue weighted by Crippen LogP contribution is -2.03. The Labute approximate surface area is 110 Å². The number of aromatic amines is 1. The van der Waals surface area contributed by atoms with Crippen LogP contribution in [0.2, 0.25) is 0 Å². The van der Waals surface area contributed by atoms with Crippen LogP contribution < -0.4 is 0 Å². The third-order valence-electron chi connectivity index (χ3n) is 3.08. The topological polar surface area (TPSA) is 56.6 Å². The van der Waals surface area contributed by atoms with Gasteiger partial charge < -0.3 is 4.98 Å². The maximum atomic E-state index is 12.4. The lowest BCUT2D eigenvalue weighted by Gasteiger charge is -1.98. The highest BCUT2D eigenvalue weighted by Crippen LogP contribution is 2.23. The molecule has 3 heteroatoms. The van der Waals surface area contributed by atoms with Crippen molar-refractivity contribution in [1.29, 1.82) is 5.26 Å². The highest BCUT2D eigenvalue weighted by Gasteiger charge is 2.18. The number of ketones is 1. The van der Waals surface area contributed by atoms with E-state index in [-0.39, 0.29) is 5.78 Å². The number of aromatic nitrogens is 1. The number of nitrogens with zero attached hydrogens (tertiary/aromatic N) is 1. The maximum absolute atomic E-state index is 12.4. The lowest BCUT2D eigenvalue weighted by atomic mass is 10.0. The molecular weight excluding hydrogens is 236 g/mol. The quantitative estimate of drug-likeness (QED) is 0.705. The average molecular weight is 246 g/mol. The first-order valence-corrected chi connectivity index (χ1v) is 5.92. The molecule has 3 aromatic rings. The molecule has 0 saturated heterocycles. The summed E-state index contributed by atoms with van der Waals surface area (Å²) in [7, 11) is 0. The van der Waals surface area contributed by atoms with Crippen molar-refractivity contribution in [2.45, 2.75) is 0 Å². The monoisotopic (exact) mass is 246 g/mol. The molecule has 0 aliphatic heterocycles. The van der Waals surface area contributed by atoms with Gasteiger partial charge in [-0.2, -0.15) is 5.26 Å². The molecule has 0 bridgehead atoms. The van der Waals surface area contributed by atoms with Crippen LogP contribution in [-0.2, 0) is 0 Å². The molecule has 3 rings (SSSR count). The van der Waals surface area contributed by atoms with Gasteiger partial charge in [-0.05, 0) is 6.07 Å². The van der Waals surface area contributed by atoms with Gasteiger partial charge in [-0.3, -0.25) is 4.79 Å². The Hall–Kier alpha value is -2.86. The Balaban J connectivity index is 2.21. The van der Waals surface area contributed by atoms with Crippen LogP contribution in [-0.4, -0.2) is 10.8 Å². The number of benzene rings is 2. The largest absolute Gasteiger partial charge is 0.351 e. The fourth-order valence-electron chi connectivity index (χ4n) is 2.16. The predicted octanol–water partition coefficient (Wildman–Crippen LogP) is 3.27. The number of rotatable bonds is 2. The first-order chi connectivity index (χ1) is 9.31. The molecule has 0 atom stereocenters. The minimum atomic E-state index is -0.159. The fourth-order valence-corrected chi connectivity index (χ4v) is 2.16. The van der Waals surface area contributed by atoms with E-state index in [9.17, 15) is 10.1 Å². The van der Waals surface area contributed by atoms with Crippen molar-refractivity contribution in [1.82, 2.24) is 4.98 Å². The van der Waals surface area contributed by atoms with Crippen LogP contribution in [0.25, 0.3) is 10.9 Å². The molecule has 0 amide bonds. The molecule has 0 spiro atoms. The van der Waals surface area contributed by atoms with E-state index in [1.807, 2.05) is 42.5 Å². The molecule has 2 aromatic carbocycles. The summed E-state index contributed by atoms with van der Waals surface area (Å²) in [4.78, 5) is 15.5. The summed E-state index contributed by atoms with van der Waals surface area (Å²) in [5.41, 5.74) is 2.14. The molecule has 90 valence electrons. The number of carbonyl (C=O) groups excluding carboxylic acids is 1. The highest BCUT2D eigenvalue weighted by molar-refractivity contribution is 6.12. The molecule has 3 nitrogen and oxygen atoms in total. The molecule has 1 heterocycles. The number of H-pyrrole nitrogens is 1. The number of carbonyl (C=O) groups is 1. The van der Waals surface area contributed by atoms with Crippen LogP contribution in [0.5, 0.6) is 0 Å². The summed E-state index contributed by atoms with van der Waals surface area (Å²) >= 11 is 0. The van der Waals surface area contributed by atoms with Crippen LogP contribution in [0.15, 0.2) is 54.6 Å². The lowest BCUT2D eigenvalue weighted by molar-refractivity contribution is 0.103. The average Bonchev–Trinajstić information content (AvgIpc) is 2.85. The standard InChI is InChI=1S/C16H10N2O/c17-10-13-12-8-4-5-9-14(12)18-15(13)16(19)11-6-2-1-3-7-11/h1-9,18H. The first kappa shape index (κ1) is 11.2. The van der Waals surface area contributed by atoms with Crippen molar-refractivity contribution >= 4 is 16.7 Å². The van der Waals surface area contributed by atoms with E-state index in [1.54, 1.807) is 12.1 Å². The van der Waals surface area contributed by atoms with Gasteiger partial charge in [0.25, 0.3) is 0 Å². The van der Waals surface area contributed by atoms with Gasteiger partial charge in [0, 0.05) is 16.5 Å². The number of para-hydroxylation sites is 1.